The molecule has 110 valence electrons. The van der Waals surface area contributed by atoms with Crippen LogP contribution in [0.15, 0.2) is 0 Å². The lowest BCUT2D eigenvalue weighted by Gasteiger charge is -2.34. The average Bonchev–Trinajstić information content (AvgIpc) is 2.66. The summed E-state index contributed by atoms with van der Waals surface area (Å²) in [4.78, 5) is 16.8. The Labute approximate surface area is 116 Å². The molecule has 0 aliphatic carbocycles. The number of morpholine rings is 1. The Hall–Kier alpha value is -0.650. The molecule has 0 aromatic rings. The lowest BCUT2D eigenvalue weighted by molar-refractivity contribution is -0.132. The van der Waals surface area contributed by atoms with Gasteiger partial charge in [0.05, 0.1) is 25.4 Å². The number of hydrogen-bond donors (Lipinski definition) is 1. The second-order valence-electron chi connectivity index (χ2n) is 5.69. The molecule has 0 aromatic heterocycles. The fourth-order valence-electron chi connectivity index (χ4n) is 3.15. The Balaban J connectivity index is 1.90. The molecule has 0 spiro atoms. The summed E-state index contributed by atoms with van der Waals surface area (Å²) in [6.45, 7) is 10.9. The molecule has 0 bridgehead atoms. The maximum atomic E-state index is 12.4. The monoisotopic (exact) mass is 269 g/mol. The predicted octanol–water partition coefficient (Wildman–Crippen LogP) is 0.654. The first-order chi connectivity index (χ1) is 9.13. The van der Waals surface area contributed by atoms with Crippen LogP contribution in [-0.4, -0.2) is 66.8 Å². The van der Waals surface area contributed by atoms with Crippen LogP contribution in [0.4, 0.5) is 0 Å². The van der Waals surface area contributed by atoms with Gasteiger partial charge in [-0.2, -0.15) is 0 Å². The van der Waals surface area contributed by atoms with Crippen molar-refractivity contribution in [2.75, 3.05) is 32.8 Å². The maximum absolute atomic E-state index is 12.4. The Morgan fingerprint density at radius 1 is 1.42 bits per heavy atom. The van der Waals surface area contributed by atoms with Gasteiger partial charge >= 0.3 is 0 Å². The minimum Gasteiger partial charge on any atom is -0.379 e. The van der Waals surface area contributed by atoms with E-state index in [9.17, 15) is 4.79 Å². The fourth-order valence-corrected chi connectivity index (χ4v) is 3.15. The fraction of sp³-hybridized carbons (Fsp3) is 0.929. The van der Waals surface area contributed by atoms with Crippen molar-refractivity contribution >= 4 is 5.91 Å². The molecule has 1 N–H and O–H groups in total. The summed E-state index contributed by atoms with van der Waals surface area (Å²) in [6, 6.07) is 0.280. The summed E-state index contributed by atoms with van der Waals surface area (Å²) in [5.41, 5.74) is 0. The number of carbonyl (C=O) groups excluding carboxylic acids is 1. The highest BCUT2D eigenvalue weighted by Gasteiger charge is 2.38. The van der Waals surface area contributed by atoms with Gasteiger partial charge in [-0.05, 0) is 20.3 Å². The molecular weight excluding hydrogens is 242 g/mol. The van der Waals surface area contributed by atoms with Crippen LogP contribution in [0.3, 0.4) is 0 Å². The third-order valence-electron chi connectivity index (χ3n) is 4.09. The van der Waals surface area contributed by atoms with E-state index in [-0.39, 0.29) is 24.2 Å². The standard InChI is InChI=1S/C14H27N3O2/c1-4-5-13-14(18)17(12(3)15-13)11(2)10-16-6-8-19-9-7-16/h11-13,15H,4-10H2,1-3H3. The van der Waals surface area contributed by atoms with E-state index in [0.29, 0.717) is 0 Å². The number of nitrogens with one attached hydrogen (secondary N) is 1. The van der Waals surface area contributed by atoms with Crippen LogP contribution < -0.4 is 5.32 Å². The van der Waals surface area contributed by atoms with Crippen molar-refractivity contribution in [2.45, 2.75) is 51.9 Å². The topological polar surface area (TPSA) is 44.8 Å². The number of ether oxygens (including phenoxy) is 1. The number of hydrogen-bond acceptors (Lipinski definition) is 4. The van der Waals surface area contributed by atoms with Crippen molar-refractivity contribution in [1.82, 2.24) is 15.1 Å². The molecule has 3 atom stereocenters. The van der Waals surface area contributed by atoms with Crippen LogP contribution in [0.2, 0.25) is 0 Å². The van der Waals surface area contributed by atoms with Gasteiger partial charge in [0, 0.05) is 25.7 Å². The molecule has 2 fully saturated rings. The maximum Gasteiger partial charge on any atom is 0.241 e. The van der Waals surface area contributed by atoms with Gasteiger partial charge in [0.1, 0.15) is 0 Å². The second kappa shape index (κ2) is 6.68. The largest absolute Gasteiger partial charge is 0.379 e. The normalized spacial score (nSPS) is 30.9. The van der Waals surface area contributed by atoms with Crippen molar-refractivity contribution < 1.29 is 9.53 Å². The predicted molar refractivity (Wildman–Crippen MR) is 74.9 cm³/mol. The molecule has 5 heteroatoms. The van der Waals surface area contributed by atoms with Gasteiger partial charge < -0.3 is 9.64 Å². The number of rotatable bonds is 5. The Morgan fingerprint density at radius 2 is 2.11 bits per heavy atom. The first kappa shape index (κ1) is 14.8. The molecular formula is C14H27N3O2. The number of carbonyl (C=O) groups is 1. The van der Waals surface area contributed by atoms with Crippen LogP contribution in [0.5, 0.6) is 0 Å². The van der Waals surface area contributed by atoms with Gasteiger partial charge in [0.2, 0.25) is 5.91 Å². The minimum absolute atomic E-state index is 0.0205. The van der Waals surface area contributed by atoms with Gasteiger partial charge in [-0.25, -0.2) is 0 Å². The summed E-state index contributed by atoms with van der Waals surface area (Å²) >= 11 is 0. The van der Waals surface area contributed by atoms with Crippen molar-refractivity contribution in [3.8, 4) is 0 Å². The number of nitrogens with zero attached hydrogens (tertiary/aromatic N) is 2. The van der Waals surface area contributed by atoms with Gasteiger partial charge in [-0.3, -0.25) is 15.0 Å². The zero-order valence-electron chi connectivity index (χ0n) is 12.4. The van der Waals surface area contributed by atoms with Crippen LogP contribution in [0.1, 0.15) is 33.6 Å². The Kier molecular flexibility index (Phi) is 5.19. The molecule has 0 radical (unpaired) electrons. The summed E-state index contributed by atoms with van der Waals surface area (Å²) in [7, 11) is 0. The van der Waals surface area contributed by atoms with Crippen molar-refractivity contribution in [2.24, 2.45) is 0 Å². The molecule has 2 saturated heterocycles. The van der Waals surface area contributed by atoms with Crippen molar-refractivity contribution in [1.29, 1.82) is 0 Å². The van der Waals surface area contributed by atoms with E-state index < -0.39 is 0 Å². The highest BCUT2D eigenvalue weighted by molar-refractivity contribution is 5.84. The third-order valence-corrected chi connectivity index (χ3v) is 4.09. The summed E-state index contributed by atoms with van der Waals surface area (Å²) < 4.78 is 5.36. The SMILES string of the molecule is CCCC1NC(C)N(C(C)CN2CCOCC2)C1=O. The lowest BCUT2D eigenvalue weighted by atomic mass is 10.1. The van der Waals surface area contributed by atoms with Crippen molar-refractivity contribution in [3.05, 3.63) is 0 Å². The molecule has 2 aliphatic rings. The Morgan fingerprint density at radius 3 is 2.74 bits per heavy atom. The molecule has 2 heterocycles. The van der Waals surface area contributed by atoms with Crippen LogP contribution in [0, 0.1) is 0 Å². The van der Waals surface area contributed by atoms with E-state index in [4.69, 9.17) is 4.74 Å². The van der Waals surface area contributed by atoms with E-state index in [0.717, 1.165) is 45.7 Å². The molecule has 2 aliphatic heterocycles. The zero-order valence-corrected chi connectivity index (χ0v) is 12.4. The first-order valence-corrected chi connectivity index (χ1v) is 7.51. The third kappa shape index (κ3) is 3.46. The average molecular weight is 269 g/mol. The van der Waals surface area contributed by atoms with Gasteiger partial charge in [-0.15, -0.1) is 0 Å². The molecule has 2 rings (SSSR count). The summed E-state index contributed by atoms with van der Waals surface area (Å²) in [5.74, 6) is 0.273. The molecule has 0 saturated carbocycles. The van der Waals surface area contributed by atoms with Crippen LogP contribution >= 0.6 is 0 Å². The van der Waals surface area contributed by atoms with Crippen LogP contribution in [0.25, 0.3) is 0 Å². The van der Waals surface area contributed by atoms with Gasteiger partial charge in [0.15, 0.2) is 0 Å². The molecule has 3 unspecified atom stereocenters. The molecule has 5 nitrogen and oxygen atoms in total. The summed E-state index contributed by atoms with van der Waals surface area (Å²) in [6.07, 6.45) is 2.13. The van der Waals surface area contributed by atoms with Crippen molar-refractivity contribution in [3.63, 3.8) is 0 Å². The minimum atomic E-state index is 0.0205. The molecule has 1 amide bonds. The van der Waals surface area contributed by atoms with E-state index in [1.54, 1.807) is 0 Å². The Bertz CT molecular complexity index is 305. The van der Waals surface area contributed by atoms with E-state index in [1.807, 2.05) is 4.90 Å². The summed E-state index contributed by atoms with van der Waals surface area (Å²) in [5, 5.41) is 3.41. The smallest absolute Gasteiger partial charge is 0.241 e. The van der Waals surface area contributed by atoms with E-state index >= 15 is 0 Å². The highest BCUT2D eigenvalue weighted by atomic mass is 16.5. The van der Waals surface area contributed by atoms with Gasteiger partial charge in [0.25, 0.3) is 0 Å². The highest BCUT2D eigenvalue weighted by Crippen LogP contribution is 2.18. The van der Waals surface area contributed by atoms with Crippen LogP contribution in [-0.2, 0) is 9.53 Å². The lowest BCUT2D eigenvalue weighted by Crippen LogP contribution is -2.49. The second-order valence-corrected chi connectivity index (χ2v) is 5.69. The quantitative estimate of drug-likeness (QED) is 0.796. The number of amides is 1. The van der Waals surface area contributed by atoms with E-state index in [1.165, 1.54) is 0 Å². The van der Waals surface area contributed by atoms with E-state index in [2.05, 4.69) is 31.0 Å². The molecule has 19 heavy (non-hydrogen) atoms. The van der Waals surface area contributed by atoms with Gasteiger partial charge in [-0.1, -0.05) is 13.3 Å². The first-order valence-electron chi connectivity index (χ1n) is 7.51. The zero-order chi connectivity index (χ0) is 13.8. The molecule has 0 aromatic carbocycles.